The standard InChI is InChI=1S/C24H27N3O3/c1-17-7-8-19(14-18(17)2)24-22-6-4-11-25(22)12-5-13-26(24)16-20-15-21(27(28)29)9-10-23(20)30-3/h4,6-11,14-15,24H,5,12-13,16H2,1-3H3/t24-/m0/s1. The van der Waals surface area contributed by atoms with Crippen LogP contribution >= 0.6 is 0 Å². The van der Waals surface area contributed by atoms with Crippen LogP contribution in [0.5, 0.6) is 5.75 Å². The van der Waals surface area contributed by atoms with Gasteiger partial charge >= 0.3 is 0 Å². The number of hydrogen-bond donors (Lipinski definition) is 0. The summed E-state index contributed by atoms with van der Waals surface area (Å²) >= 11 is 0. The zero-order valence-electron chi connectivity index (χ0n) is 17.7. The third kappa shape index (κ3) is 3.83. The van der Waals surface area contributed by atoms with Crippen molar-refractivity contribution in [3.05, 3.63) is 92.8 Å². The molecule has 0 saturated carbocycles. The molecule has 0 saturated heterocycles. The Morgan fingerprint density at radius 3 is 2.67 bits per heavy atom. The molecule has 3 aromatic rings. The molecule has 1 aromatic heterocycles. The molecular formula is C24H27N3O3. The van der Waals surface area contributed by atoms with Crippen LogP contribution in [0.1, 0.15) is 40.4 Å². The predicted octanol–water partition coefficient (Wildman–Crippen LogP) is 5.02. The van der Waals surface area contributed by atoms with Gasteiger partial charge < -0.3 is 9.30 Å². The number of aromatic nitrogens is 1. The van der Waals surface area contributed by atoms with Gasteiger partial charge in [0.05, 0.1) is 18.1 Å². The van der Waals surface area contributed by atoms with Crippen molar-refractivity contribution < 1.29 is 9.66 Å². The molecule has 2 heterocycles. The Morgan fingerprint density at radius 1 is 1.10 bits per heavy atom. The van der Waals surface area contributed by atoms with Crippen molar-refractivity contribution in [3.8, 4) is 5.75 Å². The first-order valence-corrected chi connectivity index (χ1v) is 10.3. The average Bonchev–Trinajstić information content (AvgIpc) is 3.11. The quantitative estimate of drug-likeness (QED) is 0.442. The van der Waals surface area contributed by atoms with E-state index in [9.17, 15) is 10.1 Å². The molecular weight excluding hydrogens is 378 g/mol. The summed E-state index contributed by atoms with van der Waals surface area (Å²) < 4.78 is 7.85. The van der Waals surface area contributed by atoms with Gasteiger partial charge in [0.2, 0.25) is 0 Å². The van der Waals surface area contributed by atoms with Crippen LogP contribution in [-0.4, -0.2) is 28.0 Å². The molecule has 0 spiro atoms. The molecule has 0 bridgehead atoms. The Kier molecular flexibility index (Phi) is 5.59. The predicted molar refractivity (Wildman–Crippen MR) is 117 cm³/mol. The Morgan fingerprint density at radius 2 is 1.93 bits per heavy atom. The molecule has 0 aliphatic carbocycles. The molecule has 6 heteroatoms. The summed E-state index contributed by atoms with van der Waals surface area (Å²) in [6, 6.07) is 15.8. The number of nitro groups is 1. The zero-order valence-corrected chi connectivity index (χ0v) is 17.7. The van der Waals surface area contributed by atoms with E-state index < -0.39 is 0 Å². The summed E-state index contributed by atoms with van der Waals surface area (Å²) in [5.41, 5.74) is 5.95. The van der Waals surface area contributed by atoms with Crippen LogP contribution < -0.4 is 4.74 Å². The minimum absolute atomic E-state index is 0.0748. The van der Waals surface area contributed by atoms with Crippen molar-refractivity contribution in [2.45, 2.75) is 39.4 Å². The summed E-state index contributed by atoms with van der Waals surface area (Å²) in [6.07, 6.45) is 3.15. The van der Waals surface area contributed by atoms with Crippen molar-refractivity contribution in [1.29, 1.82) is 0 Å². The molecule has 1 aliphatic heterocycles. The topological polar surface area (TPSA) is 60.5 Å². The molecule has 0 fully saturated rings. The Labute approximate surface area is 176 Å². The van der Waals surface area contributed by atoms with Gasteiger partial charge in [0.1, 0.15) is 5.75 Å². The number of nitro benzene ring substituents is 1. The average molecular weight is 405 g/mol. The first kappa shape index (κ1) is 20.2. The number of benzene rings is 2. The summed E-state index contributed by atoms with van der Waals surface area (Å²) in [5.74, 6) is 0.680. The lowest BCUT2D eigenvalue weighted by atomic mass is 9.97. The number of nitrogens with zero attached hydrogens (tertiary/aromatic N) is 3. The lowest BCUT2D eigenvalue weighted by Gasteiger charge is -2.31. The maximum absolute atomic E-state index is 11.3. The minimum Gasteiger partial charge on any atom is -0.496 e. The third-order valence-electron chi connectivity index (χ3n) is 6.05. The van der Waals surface area contributed by atoms with Crippen LogP contribution in [0.15, 0.2) is 54.7 Å². The van der Waals surface area contributed by atoms with Crippen molar-refractivity contribution in [3.63, 3.8) is 0 Å². The van der Waals surface area contributed by atoms with Crippen molar-refractivity contribution >= 4 is 5.69 Å². The fourth-order valence-corrected chi connectivity index (χ4v) is 4.35. The van der Waals surface area contributed by atoms with Gasteiger partial charge in [0, 0.05) is 49.2 Å². The number of fused-ring (bicyclic) bond motifs is 1. The van der Waals surface area contributed by atoms with Crippen molar-refractivity contribution in [1.82, 2.24) is 9.47 Å². The van der Waals surface area contributed by atoms with Crippen LogP contribution in [0, 0.1) is 24.0 Å². The Balaban J connectivity index is 1.78. The number of non-ortho nitro benzene ring substituents is 1. The van der Waals surface area contributed by atoms with Crippen LogP contribution in [0.25, 0.3) is 0 Å². The van der Waals surface area contributed by atoms with E-state index in [1.807, 2.05) is 0 Å². The van der Waals surface area contributed by atoms with Crippen LogP contribution in [0.3, 0.4) is 0 Å². The first-order valence-electron chi connectivity index (χ1n) is 10.3. The summed E-state index contributed by atoms with van der Waals surface area (Å²) in [7, 11) is 1.61. The Bertz CT molecular complexity index is 1070. The van der Waals surface area contributed by atoms with E-state index in [2.05, 4.69) is 59.8 Å². The molecule has 6 nitrogen and oxygen atoms in total. The summed E-state index contributed by atoms with van der Waals surface area (Å²) in [6.45, 7) is 6.70. The second-order valence-electron chi connectivity index (χ2n) is 7.95. The number of aryl methyl sites for hydroxylation is 3. The van der Waals surface area contributed by atoms with Crippen molar-refractivity contribution in [2.75, 3.05) is 13.7 Å². The van der Waals surface area contributed by atoms with Crippen molar-refractivity contribution in [2.24, 2.45) is 0 Å². The molecule has 0 unspecified atom stereocenters. The molecule has 156 valence electrons. The molecule has 2 aromatic carbocycles. The fourth-order valence-electron chi connectivity index (χ4n) is 4.35. The largest absolute Gasteiger partial charge is 0.496 e. The second-order valence-corrected chi connectivity index (χ2v) is 7.95. The van der Waals surface area contributed by atoms with Gasteiger partial charge in [-0.05, 0) is 55.2 Å². The van der Waals surface area contributed by atoms with E-state index in [0.717, 1.165) is 25.1 Å². The number of hydrogen-bond acceptors (Lipinski definition) is 4. The van der Waals surface area contributed by atoms with E-state index in [0.29, 0.717) is 12.3 Å². The molecule has 1 aliphatic rings. The van der Waals surface area contributed by atoms with E-state index >= 15 is 0 Å². The molecule has 1 atom stereocenters. The molecule has 0 N–H and O–H groups in total. The molecule has 0 amide bonds. The van der Waals surface area contributed by atoms with Crippen LogP contribution in [0.2, 0.25) is 0 Å². The highest BCUT2D eigenvalue weighted by molar-refractivity contribution is 5.44. The first-order chi connectivity index (χ1) is 14.5. The number of rotatable bonds is 5. The van der Waals surface area contributed by atoms with Gasteiger partial charge in [-0.2, -0.15) is 0 Å². The van der Waals surface area contributed by atoms with E-state index in [1.165, 1.54) is 28.5 Å². The third-order valence-corrected chi connectivity index (χ3v) is 6.05. The maximum atomic E-state index is 11.3. The van der Waals surface area contributed by atoms with E-state index in [1.54, 1.807) is 19.2 Å². The Hall–Kier alpha value is -3.12. The monoisotopic (exact) mass is 405 g/mol. The fraction of sp³-hybridized carbons (Fsp3) is 0.333. The van der Waals surface area contributed by atoms with Gasteiger partial charge in [-0.15, -0.1) is 0 Å². The van der Waals surface area contributed by atoms with Gasteiger partial charge in [0.15, 0.2) is 0 Å². The van der Waals surface area contributed by atoms with Gasteiger partial charge in [0.25, 0.3) is 5.69 Å². The van der Waals surface area contributed by atoms with E-state index in [-0.39, 0.29) is 16.7 Å². The highest BCUT2D eigenvalue weighted by Crippen LogP contribution is 2.35. The number of methoxy groups -OCH3 is 1. The minimum atomic E-state index is -0.350. The van der Waals surface area contributed by atoms with Crippen LogP contribution in [0.4, 0.5) is 5.69 Å². The summed E-state index contributed by atoms with van der Waals surface area (Å²) in [5, 5.41) is 11.3. The SMILES string of the molecule is COc1ccc([N+](=O)[O-])cc1CN1CCCn2cccc2[C@@H]1c1ccc(C)c(C)c1. The molecule has 0 radical (unpaired) electrons. The molecule has 4 rings (SSSR count). The van der Waals surface area contributed by atoms with E-state index in [4.69, 9.17) is 4.74 Å². The van der Waals surface area contributed by atoms with Gasteiger partial charge in [-0.25, -0.2) is 0 Å². The second kappa shape index (κ2) is 8.32. The molecule has 30 heavy (non-hydrogen) atoms. The highest BCUT2D eigenvalue weighted by Gasteiger charge is 2.28. The normalized spacial score (nSPS) is 16.7. The van der Waals surface area contributed by atoms with Gasteiger partial charge in [-0.1, -0.05) is 18.2 Å². The lowest BCUT2D eigenvalue weighted by molar-refractivity contribution is -0.385. The number of ether oxygens (including phenoxy) is 1. The summed E-state index contributed by atoms with van der Waals surface area (Å²) in [4.78, 5) is 13.4. The smallest absolute Gasteiger partial charge is 0.270 e. The maximum Gasteiger partial charge on any atom is 0.270 e. The lowest BCUT2D eigenvalue weighted by Crippen LogP contribution is -2.29. The van der Waals surface area contributed by atoms with Crippen LogP contribution in [-0.2, 0) is 13.1 Å². The van der Waals surface area contributed by atoms with Gasteiger partial charge in [-0.3, -0.25) is 15.0 Å². The highest BCUT2D eigenvalue weighted by atomic mass is 16.6. The zero-order chi connectivity index (χ0) is 21.3.